The number of hydrogen-bond acceptors (Lipinski definition) is 1. The van der Waals surface area contributed by atoms with Crippen LogP contribution in [0.1, 0.15) is 40.5 Å². The molecule has 0 aliphatic heterocycles. The third-order valence-corrected chi connectivity index (χ3v) is 3.21. The molecule has 0 spiro atoms. The van der Waals surface area contributed by atoms with E-state index < -0.39 is 0 Å². The fourth-order valence-electron chi connectivity index (χ4n) is 1.50. The molecule has 0 aromatic carbocycles. The second-order valence-corrected chi connectivity index (χ2v) is 4.97. The largest absolute Gasteiger partial charge is 0.404 e. The lowest BCUT2D eigenvalue weighted by atomic mass is 9.79. The molecule has 1 aliphatic carbocycles. The molecule has 0 saturated heterocycles. The van der Waals surface area contributed by atoms with Crippen molar-refractivity contribution in [3.05, 3.63) is 35.1 Å². The number of allylic oxidation sites excluding steroid dienone is 4. The second kappa shape index (κ2) is 3.64. The third kappa shape index (κ3) is 2.28. The molecule has 0 heterocycles. The standard InChI is InChI=1S/C13H21N/c1-9(2)13(4,5)7-11(8-14)12-6-10(12)3/h8H,1,6-7,14H2,2-5H3/b11-8+. The Bertz CT molecular complexity index is 316. The average molecular weight is 191 g/mol. The highest BCUT2D eigenvalue weighted by atomic mass is 14.5. The van der Waals surface area contributed by atoms with Gasteiger partial charge in [-0.2, -0.15) is 0 Å². The second-order valence-electron chi connectivity index (χ2n) is 4.97. The van der Waals surface area contributed by atoms with E-state index >= 15 is 0 Å². The first-order valence-corrected chi connectivity index (χ1v) is 5.14. The molecule has 1 aliphatic rings. The van der Waals surface area contributed by atoms with Crippen LogP contribution in [0.25, 0.3) is 0 Å². The summed E-state index contributed by atoms with van der Waals surface area (Å²) < 4.78 is 0. The SMILES string of the molecule is C=C(C)C(C)(C)C/C(=C\N)C1=C(C)C1. The van der Waals surface area contributed by atoms with Crippen molar-refractivity contribution in [3.8, 4) is 0 Å². The van der Waals surface area contributed by atoms with E-state index in [1.54, 1.807) is 6.20 Å². The summed E-state index contributed by atoms with van der Waals surface area (Å²) in [6.07, 6.45) is 3.91. The van der Waals surface area contributed by atoms with E-state index in [0.717, 1.165) is 12.8 Å². The Morgan fingerprint density at radius 1 is 1.57 bits per heavy atom. The lowest BCUT2D eigenvalue weighted by molar-refractivity contribution is 0.446. The number of hydrogen-bond donors (Lipinski definition) is 1. The third-order valence-electron chi connectivity index (χ3n) is 3.21. The van der Waals surface area contributed by atoms with Crippen molar-refractivity contribution in [1.29, 1.82) is 0 Å². The van der Waals surface area contributed by atoms with Crippen LogP contribution in [0, 0.1) is 5.41 Å². The van der Waals surface area contributed by atoms with Crippen LogP contribution in [0.15, 0.2) is 35.1 Å². The van der Waals surface area contributed by atoms with E-state index in [9.17, 15) is 0 Å². The molecule has 0 saturated carbocycles. The molecule has 1 heteroatoms. The van der Waals surface area contributed by atoms with Gasteiger partial charge in [0.25, 0.3) is 0 Å². The van der Waals surface area contributed by atoms with Gasteiger partial charge in [0, 0.05) is 0 Å². The fourth-order valence-corrected chi connectivity index (χ4v) is 1.50. The van der Waals surface area contributed by atoms with E-state index in [1.165, 1.54) is 22.3 Å². The van der Waals surface area contributed by atoms with Gasteiger partial charge in [-0.05, 0) is 49.5 Å². The van der Waals surface area contributed by atoms with Gasteiger partial charge in [-0.15, -0.1) is 0 Å². The minimum Gasteiger partial charge on any atom is -0.404 e. The van der Waals surface area contributed by atoms with Gasteiger partial charge >= 0.3 is 0 Å². The minimum atomic E-state index is 0.154. The first-order chi connectivity index (χ1) is 6.38. The summed E-state index contributed by atoms with van der Waals surface area (Å²) in [6.45, 7) is 12.7. The Morgan fingerprint density at radius 2 is 2.07 bits per heavy atom. The molecule has 0 bridgehead atoms. The molecule has 0 aromatic rings. The number of rotatable bonds is 4. The van der Waals surface area contributed by atoms with Crippen molar-refractivity contribution in [1.82, 2.24) is 0 Å². The van der Waals surface area contributed by atoms with E-state index in [0.29, 0.717) is 0 Å². The fraction of sp³-hybridized carbons (Fsp3) is 0.538. The van der Waals surface area contributed by atoms with Crippen molar-refractivity contribution in [2.75, 3.05) is 0 Å². The van der Waals surface area contributed by atoms with Gasteiger partial charge in [0.2, 0.25) is 0 Å². The highest BCUT2D eigenvalue weighted by Crippen LogP contribution is 2.42. The maximum Gasteiger partial charge on any atom is -0.00265 e. The maximum atomic E-state index is 5.66. The lowest BCUT2D eigenvalue weighted by Gasteiger charge is -2.25. The van der Waals surface area contributed by atoms with Crippen LogP contribution in [-0.2, 0) is 0 Å². The zero-order valence-electron chi connectivity index (χ0n) is 9.78. The summed E-state index contributed by atoms with van der Waals surface area (Å²) in [5.41, 5.74) is 11.3. The van der Waals surface area contributed by atoms with Gasteiger partial charge in [-0.25, -0.2) is 0 Å². The first-order valence-electron chi connectivity index (χ1n) is 5.14. The monoisotopic (exact) mass is 191 g/mol. The highest BCUT2D eigenvalue weighted by molar-refractivity contribution is 5.49. The predicted molar refractivity (Wildman–Crippen MR) is 62.8 cm³/mol. The normalized spacial score (nSPS) is 17.3. The highest BCUT2D eigenvalue weighted by Gasteiger charge is 2.27. The Morgan fingerprint density at radius 3 is 2.36 bits per heavy atom. The summed E-state index contributed by atoms with van der Waals surface area (Å²) in [5.74, 6) is 0. The average Bonchev–Trinajstić information content (AvgIpc) is 2.78. The van der Waals surface area contributed by atoms with E-state index in [4.69, 9.17) is 5.73 Å². The quantitative estimate of drug-likeness (QED) is 0.676. The van der Waals surface area contributed by atoms with E-state index in [1.807, 2.05) is 0 Å². The molecule has 0 atom stereocenters. The summed E-state index contributed by atoms with van der Waals surface area (Å²) >= 11 is 0. The molecule has 1 nitrogen and oxygen atoms in total. The zero-order chi connectivity index (χ0) is 10.9. The summed E-state index contributed by atoms with van der Waals surface area (Å²) in [4.78, 5) is 0. The molecule has 14 heavy (non-hydrogen) atoms. The van der Waals surface area contributed by atoms with Crippen LogP contribution in [0.5, 0.6) is 0 Å². The van der Waals surface area contributed by atoms with Gasteiger partial charge in [0.05, 0.1) is 0 Å². The molecule has 0 radical (unpaired) electrons. The maximum absolute atomic E-state index is 5.66. The smallest absolute Gasteiger partial charge is 0.00265 e. The van der Waals surface area contributed by atoms with Crippen LogP contribution < -0.4 is 5.73 Å². The molecular weight excluding hydrogens is 170 g/mol. The molecule has 0 unspecified atom stereocenters. The predicted octanol–water partition coefficient (Wildman–Crippen LogP) is 3.54. The van der Waals surface area contributed by atoms with Gasteiger partial charge in [-0.1, -0.05) is 31.6 Å². The molecule has 0 fully saturated rings. The van der Waals surface area contributed by atoms with Gasteiger partial charge in [0.1, 0.15) is 0 Å². The Balaban J connectivity index is 2.72. The molecule has 2 N–H and O–H groups in total. The lowest BCUT2D eigenvalue weighted by Crippen LogP contribution is -2.13. The van der Waals surface area contributed by atoms with Gasteiger partial charge in [0.15, 0.2) is 0 Å². The van der Waals surface area contributed by atoms with Crippen LogP contribution in [0.2, 0.25) is 0 Å². The van der Waals surface area contributed by atoms with Crippen molar-refractivity contribution in [2.24, 2.45) is 11.1 Å². The van der Waals surface area contributed by atoms with Crippen LogP contribution >= 0.6 is 0 Å². The summed E-state index contributed by atoms with van der Waals surface area (Å²) in [5, 5.41) is 0. The Hall–Kier alpha value is -0.980. The van der Waals surface area contributed by atoms with E-state index in [-0.39, 0.29) is 5.41 Å². The van der Waals surface area contributed by atoms with Crippen molar-refractivity contribution < 1.29 is 0 Å². The van der Waals surface area contributed by atoms with E-state index in [2.05, 4.69) is 34.3 Å². The molecule has 1 rings (SSSR count). The molecular formula is C13H21N. The first kappa shape index (κ1) is 11.1. The Kier molecular flexibility index (Phi) is 2.89. The minimum absolute atomic E-state index is 0.154. The summed E-state index contributed by atoms with van der Waals surface area (Å²) in [6, 6.07) is 0. The van der Waals surface area contributed by atoms with Gasteiger partial charge < -0.3 is 5.73 Å². The van der Waals surface area contributed by atoms with Crippen molar-refractivity contribution in [3.63, 3.8) is 0 Å². The van der Waals surface area contributed by atoms with Crippen LogP contribution in [0.4, 0.5) is 0 Å². The topological polar surface area (TPSA) is 26.0 Å². The van der Waals surface area contributed by atoms with Crippen LogP contribution in [0.3, 0.4) is 0 Å². The zero-order valence-corrected chi connectivity index (χ0v) is 9.78. The van der Waals surface area contributed by atoms with Crippen LogP contribution in [-0.4, -0.2) is 0 Å². The van der Waals surface area contributed by atoms with Gasteiger partial charge in [-0.3, -0.25) is 0 Å². The number of nitrogens with two attached hydrogens (primary N) is 1. The molecule has 0 amide bonds. The Labute approximate surface area is 87.4 Å². The van der Waals surface area contributed by atoms with Crippen molar-refractivity contribution >= 4 is 0 Å². The molecule has 78 valence electrons. The summed E-state index contributed by atoms with van der Waals surface area (Å²) in [7, 11) is 0. The molecule has 0 aromatic heterocycles. The van der Waals surface area contributed by atoms with Crippen molar-refractivity contribution in [2.45, 2.75) is 40.5 Å².